The molecule has 1 heterocycles. The van der Waals surface area contributed by atoms with Gasteiger partial charge >= 0.3 is 5.97 Å². The number of aromatic amines is 1. The van der Waals surface area contributed by atoms with Gasteiger partial charge in [0.2, 0.25) is 5.82 Å². The normalized spacial score (nSPS) is 10.1. The smallest absolute Gasteiger partial charge is 0.374 e. The molecule has 2 rings (SSSR count). The molecular weight excluding hydrogens is 248 g/mol. The van der Waals surface area contributed by atoms with Gasteiger partial charge in [0, 0.05) is 11.6 Å². The number of carbonyl (C=O) groups excluding carboxylic acids is 1. The molecule has 0 saturated carbocycles. The first kappa shape index (κ1) is 12.9. The van der Waals surface area contributed by atoms with Gasteiger partial charge in [0.25, 0.3) is 0 Å². The Bertz CT molecular complexity index is 592. The topological polar surface area (TPSA) is 73.4 Å². The van der Waals surface area contributed by atoms with Gasteiger partial charge in [-0.25, -0.2) is 9.78 Å². The summed E-state index contributed by atoms with van der Waals surface area (Å²) in [4.78, 5) is 18.2. The van der Waals surface area contributed by atoms with Gasteiger partial charge in [-0.1, -0.05) is 0 Å². The first-order valence-corrected chi connectivity index (χ1v) is 5.55. The van der Waals surface area contributed by atoms with Gasteiger partial charge in [0.1, 0.15) is 11.5 Å². The van der Waals surface area contributed by atoms with Crippen molar-refractivity contribution in [3.63, 3.8) is 0 Å². The SMILES string of the molecule is COC(=O)c1ncc(-c2ccc(OC)cc2OC)[nH]1. The van der Waals surface area contributed by atoms with Crippen LogP contribution in [-0.2, 0) is 4.74 Å². The van der Waals surface area contributed by atoms with Crippen molar-refractivity contribution in [2.75, 3.05) is 21.3 Å². The Morgan fingerprint density at radius 2 is 2.00 bits per heavy atom. The summed E-state index contributed by atoms with van der Waals surface area (Å²) in [5.74, 6) is 0.946. The second-order valence-corrected chi connectivity index (χ2v) is 3.70. The van der Waals surface area contributed by atoms with Crippen molar-refractivity contribution in [2.45, 2.75) is 0 Å². The number of nitrogens with one attached hydrogen (secondary N) is 1. The van der Waals surface area contributed by atoms with Gasteiger partial charge in [-0.2, -0.15) is 0 Å². The molecule has 0 saturated heterocycles. The second-order valence-electron chi connectivity index (χ2n) is 3.70. The Morgan fingerprint density at radius 3 is 2.63 bits per heavy atom. The van der Waals surface area contributed by atoms with Gasteiger partial charge in [0.15, 0.2) is 0 Å². The summed E-state index contributed by atoms with van der Waals surface area (Å²) in [6.45, 7) is 0. The Labute approximate surface area is 110 Å². The molecule has 0 atom stereocenters. The molecule has 6 heteroatoms. The number of nitrogens with zero attached hydrogens (tertiary/aromatic N) is 1. The van der Waals surface area contributed by atoms with Crippen LogP contribution in [0.25, 0.3) is 11.3 Å². The number of carbonyl (C=O) groups is 1. The predicted octanol–water partition coefficient (Wildman–Crippen LogP) is 1.88. The van der Waals surface area contributed by atoms with Gasteiger partial charge in [-0.3, -0.25) is 0 Å². The summed E-state index contributed by atoms with van der Waals surface area (Å²) in [6.07, 6.45) is 1.55. The van der Waals surface area contributed by atoms with Gasteiger partial charge in [-0.15, -0.1) is 0 Å². The number of H-pyrrole nitrogens is 1. The fraction of sp³-hybridized carbons (Fsp3) is 0.231. The average Bonchev–Trinajstić information content (AvgIpc) is 2.95. The summed E-state index contributed by atoms with van der Waals surface area (Å²) < 4.78 is 15.0. The molecule has 0 aliphatic rings. The van der Waals surface area contributed by atoms with Crippen LogP contribution in [0.15, 0.2) is 24.4 Å². The standard InChI is InChI=1S/C13H14N2O4/c1-17-8-4-5-9(11(6-8)18-2)10-7-14-12(15-10)13(16)19-3/h4-7H,1-3H3,(H,14,15). The molecule has 0 spiro atoms. The van der Waals surface area contributed by atoms with E-state index < -0.39 is 5.97 Å². The lowest BCUT2D eigenvalue weighted by molar-refractivity contribution is 0.0588. The molecule has 2 aromatic rings. The number of hydrogen-bond acceptors (Lipinski definition) is 5. The summed E-state index contributed by atoms with van der Waals surface area (Å²) in [5.41, 5.74) is 1.45. The molecule has 100 valence electrons. The third kappa shape index (κ3) is 2.52. The summed E-state index contributed by atoms with van der Waals surface area (Å²) in [5, 5.41) is 0. The maximum atomic E-state index is 11.3. The number of hydrogen-bond donors (Lipinski definition) is 1. The van der Waals surface area contributed by atoms with Crippen molar-refractivity contribution in [3.8, 4) is 22.8 Å². The van der Waals surface area contributed by atoms with Crippen LogP contribution in [0.1, 0.15) is 10.6 Å². The van der Waals surface area contributed by atoms with Crippen molar-refractivity contribution in [2.24, 2.45) is 0 Å². The van der Waals surface area contributed by atoms with Crippen LogP contribution in [0.3, 0.4) is 0 Å². The van der Waals surface area contributed by atoms with Crippen molar-refractivity contribution >= 4 is 5.97 Å². The van der Waals surface area contributed by atoms with Gasteiger partial charge in [-0.05, 0) is 12.1 Å². The number of rotatable bonds is 4. The first-order chi connectivity index (χ1) is 9.19. The van der Waals surface area contributed by atoms with Crippen LogP contribution in [0.4, 0.5) is 0 Å². The minimum absolute atomic E-state index is 0.148. The van der Waals surface area contributed by atoms with Crippen LogP contribution in [0, 0.1) is 0 Å². The van der Waals surface area contributed by atoms with Crippen molar-refractivity contribution in [1.29, 1.82) is 0 Å². The van der Waals surface area contributed by atoms with Crippen molar-refractivity contribution in [3.05, 3.63) is 30.2 Å². The maximum Gasteiger partial charge on any atom is 0.374 e. The molecule has 0 unspecified atom stereocenters. The van der Waals surface area contributed by atoms with E-state index in [2.05, 4.69) is 14.7 Å². The van der Waals surface area contributed by atoms with Crippen LogP contribution in [-0.4, -0.2) is 37.3 Å². The van der Waals surface area contributed by atoms with E-state index in [4.69, 9.17) is 9.47 Å². The largest absolute Gasteiger partial charge is 0.497 e. The number of aromatic nitrogens is 2. The average molecular weight is 262 g/mol. The number of ether oxygens (including phenoxy) is 3. The Kier molecular flexibility index (Phi) is 3.70. The lowest BCUT2D eigenvalue weighted by Gasteiger charge is -2.08. The number of methoxy groups -OCH3 is 3. The molecular formula is C13H14N2O4. The van der Waals surface area contributed by atoms with E-state index in [-0.39, 0.29) is 5.82 Å². The Balaban J connectivity index is 2.41. The maximum absolute atomic E-state index is 11.3. The fourth-order valence-electron chi connectivity index (χ4n) is 1.68. The Hall–Kier alpha value is -2.50. The first-order valence-electron chi connectivity index (χ1n) is 5.55. The third-order valence-electron chi connectivity index (χ3n) is 2.65. The number of imidazole rings is 1. The van der Waals surface area contributed by atoms with Crippen LogP contribution < -0.4 is 9.47 Å². The van der Waals surface area contributed by atoms with Crippen LogP contribution >= 0.6 is 0 Å². The molecule has 1 aromatic heterocycles. The fourth-order valence-corrected chi connectivity index (χ4v) is 1.68. The van der Waals surface area contributed by atoms with Gasteiger partial charge < -0.3 is 19.2 Å². The number of esters is 1. The molecule has 1 aromatic carbocycles. The molecule has 0 amide bonds. The quantitative estimate of drug-likeness (QED) is 0.851. The highest BCUT2D eigenvalue weighted by Crippen LogP contribution is 2.32. The van der Waals surface area contributed by atoms with E-state index >= 15 is 0 Å². The second kappa shape index (κ2) is 5.43. The van der Waals surface area contributed by atoms with E-state index in [1.807, 2.05) is 6.07 Å². The molecule has 0 bridgehead atoms. The van der Waals surface area contributed by atoms with E-state index in [1.165, 1.54) is 7.11 Å². The molecule has 0 radical (unpaired) electrons. The van der Waals surface area contributed by atoms with E-state index in [0.717, 1.165) is 5.56 Å². The summed E-state index contributed by atoms with van der Waals surface area (Å²) >= 11 is 0. The monoisotopic (exact) mass is 262 g/mol. The Morgan fingerprint density at radius 1 is 1.21 bits per heavy atom. The van der Waals surface area contributed by atoms with Crippen molar-refractivity contribution < 1.29 is 19.0 Å². The van der Waals surface area contributed by atoms with E-state index in [9.17, 15) is 4.79 Å². The predicted molar refractivity (Wildman–Crippen MR) is 68.5 cm³/mol. The highest BCUT2D eigenvalue weighted by Gasteiger charge is 2.14. The molecule has 19 heavy (non-hydrogen) atoms. The molecule has 6 nitrogen and oxygen atoms in total. The molecule has 0 aliphatic carbocycles. The molecule has 1 N–H and O–H groups in total. The minimum atomic E-state index is -0.515. The summed E-state index contributed by atoms with van der Waals surface area (Å²) in [7, 11) is 4.45. The highest BCUT2D eigenvalue weighted by molar-refractivity contribution is 5.86. The highest BCUT2D eigenvalue weighted by atomic mass is 16.5. The zero-order valence-electron chi connectivity index (χ0n) is 10.9. The van der Waals surface area contributed by atoms with E-state index in [0.29, 0.717) is 17.2 Å². The van der Waals surface area contributed by atoms with Crippen LogP contribution in [0.2, 0.25) is 0 Å². The lowest BCUT2D eigenvalue weighted by atomic mass is 10.1. The number of benzene rings is 1. The lowest BCUT2D eigenvalue weighted by Crippen LogP contribution is -2.03. The third-order valence-corrected chi connectivity index (χ3v) is 2.65. The summed E-state index contributed by atoms with van der Waals surface area (Å²) in [6, 6.07) is 5.39. The van der Waals surface area contributed by atoms with E-state index in [1.54, 1.807) is 32.5 Å². The zero-order valence-corrected chi connectivity index (χ0v) is 10.9. The van der Waals surface area contributed by atoms with Crippen molar-refractivity contribution in [1.82, 2.24) is 9.97 Å². The van der Waals surface area contributed by atoms with Gasteiger partial charge in [0.05, 0.1) is 33.2 Å². The van der Waals surface area contributed by atoms with Crippen LogP contribution in [0.5, 0.6) is 11.5 Å². The molecule has 0 aliphatic heterocycles. The minimum Gasteiger partial charge on any atom is -0.497 e. The zero-order chi connectivity index (χ0) is 13.8. The molecule has 0 fully saturated rings.